The van der Waals surface area contributed by atoms with Crippen molar-refractivity contribution in [3.63, 3.8) is 0 Å². The van der Waals surface area contributed by atoms with Gasteiger partial charge in [-0.05, 0) is 17.7 Å². The van der Waals surface area contributed by atoms with Gasteiger partial charge in [0.15, 0.2) is 0 Å². The molecule has 0 spiro atoms. The molecule has 3 N–H and O–H groups in total. The fraction of sp³-hybridized carbons (Fsp3) is 0.300. The summed E-state index contributed by atoms with van der Waals surface area (Å²) < 4.78 is 12.8. The lowest BCUT2D eigenvalue weighted by Crippen LogP contribution is -2.22. The fourth-order valence-electron chi connectivity index (χ4n) is 1.16. The second-order valence-electron chi connectivity index (χ2n) is 3.12. The predicted octanol–water partition coefficient (Wildman–Crippen LogP) is 1.45. The van der Waals surface area contributed by atoms with Gasteiger partial charge in [-0.1, -0.05) is 12.1 Å². The van der Waals surface area contributed by atoms with Gasteiger partial charge in [-0.15, -0.1) is 0 Å². The van der Waals surface area contributed by atoms with Crippen molar-refractivity contribution in [2.75, 3.05) is 6.61 Å². The lowest BCUT2D eigenvalue weighted by Gasteiger charge is -2.10. The molecule has 1 rings (SSSR count). The highest BCUT2D eigenvalue weighted by atomic mass is 19.1. The maximum Gasteiger partial charge on any atom is 0.428 e. The Kier molecular flexibility index (Phi) is 4.68. The van der Waals surface area contributed by atoms with E-state index in [0.29, 0.717) is 5.56 Å². The largest absolute Gasteiger partial charge is 0.464 e. The summed E-state index contributed by atoms with van der Waals surface area (Å²) in [5.41, 5.74) is 2.12. The molecule has 0 aliphatic rings. The molecule has 1 aromatic carbocycles. The average Bonchev–Trinajstić information content (AvgIpc) is 2.24. The van der Waals surface area contributed by atoms with E-state index >= 15 is 0 Å². The fourth-order valence-corrected chi connectivity index (χ4v) is 1.16. The van der Waals surface area contributed by atoms with Crippen LogP contribution in [0.1, 0.15) is 18.1 Å². The van der Waals surface area contributed by atoms with E-state index < -0.39 is 18.0 Å². The molecule has 5 nitrogen and oxygen atoms in total. The van der Waals surface area contributed by atoms with Crippen LogP contribution < -0.4 is 5.48 Å². The Morgan fingerprint density at radius 2 is 2.31 bits per heavy atom. The Balaban J connectivity index is 2.35. The second kappa shape index (κ2) is 6.04. The van der Waals surface area contributed by atoms with Crippen molar-refractivity contribution < 1.29 is 24.2 Å². The van der Waals surface area contributed by atoms with Crippen LogP contribution in [0.3, 0.4) is 0 Å². The Morgan fingerprint density at radius 3 is 2.94 bits per heavy atom. The highest BCUT2D eigenvalue weighted by Crippen LogP contribution is 2.16. The molecule has 1 atom stereocenters. The van der Waals surface area contributed by atoms with E-state index in [1.165, 1.54) is 18.2 Å². The molecule has 1 amide bonds. The maximum atomic E-state index is 12.8. The highest BCUT2D eigenvalue weighted by Gasteiger charge is 2.08. The lowest BCUT2D eigenvalue weighted by atomic mass is 10.1. The van der Waals surface area contributed by atoms with E-state index in [1.807, 2.05) is 0 Å². The summed E-state index contributed by atoms with van der Waals surface area (Å²) in [4.78, 5) is 14.5. The predicted molar refractivity (Wildman–Crippen MR) is 53.1 cm³/mol. The number of rotatable bonds is 5. The standard InChI is InChI=1S/C10H12FNO4/c11-8-3-1-2-7(6-8)9(13)4-5-16-12-10(14)15/h1-3,6,9,12-13H,4-5H2,(H,14,15)/t9-/m0/s1. The number of hydrogen-bond donors (Lipinski definition) is 3. The zero-order valence-electron chi connectivity index (χ0n) is 8.39. The smallest absolute Gasteiger partial charge is 0.428 e. The minimum atomic E-state index is -1.31. The third kappa shape index (κ3) is 4.24. The number of hydrogen-bond acceptors (Lipinski definition) is 3. The molecule has 16 heavy (non-hydrogen) atoms. The van der Waals surface area contributed by atoms with Gasteiger partial charge in [0.1, 0.15) is 5.82 Å². The number of halogens is 1. The number of carboxylic acid groups (broad SMARTS) is 1. The number of aliphatic hydroxyl groups excluding tert-OH is 1. The normalized spacial score (nSPS) is 12.1. The summed E-state index contributed by atoms with van der Waals surface area (Å²) in [6.45, 7) is 0.00395. The van der Waals surface area contributed by atoms with Crippen LogP contribution in [0.4, 0.5) is 9.18 Å². The van der Waals surface area contributed by atoms with Crippen LogP contribution in [0, 0.1) is 5.82 Å². The summed E-state index contributed by atoms with van der Waals surface area (Å²) in [6.07, 6.45) is -2.02. The number of aliphatic hydroxyl groups is 1. The van der Waals surface area contributed by atoms with Crippen LogP contribution in [0.2, 0.25) is 0 Å². The monoisotopic (exact) mass is 229 g/mol. The van der Waals surface area contributed by atoms with Crippen molar-refractivity contribution in [2.24, 2.45) is 0 Å². The van der Waals surface area contributed by atoms with Crippen LogP contribution in [-0.2, 0) is 4.84 Å². The van der Waals surface area contributed by atoms with Gasteiger partial charge in [-0.25, -0.2) is 9.18 Å². The number of nitrogens with one attached hydrogen (secondary N) is 1. The van der Waals surface area contributed by atoms with E-state index in [9.17, 15) is 14.3 Å². The molecule has 88 valence electrons. The van der Waals surface area contributed by atoms with E-state index in [4.69, 9.17) is 5.11 Å². The number of carbonyl (C=O) groups is 1. The van der Waals surface area contributed by atoms with Gasteiger partial charge < -0.3 is 10.2 Å². The Bertz CT molecular complexity index is 358. The molecular formula is C10H12FNO4. The minimum Gasteiger partial charge on any atom is -0.464 e. The summed E-state index contributed by atoms with van der Waals surface area (Å²) in [5, 5.41) is 17.8. The number of hydroxylamine groups is 1. The molecule has 0 saturated carbocycles. The highest BCUT2D eigenvalue weighted by molar-refractivity contribution is 5.62. The molecule has 0 radical (unpaired) electrons. The molecule has 0 heterocycles. The number of amides is 1. The Labute approximate surface area is 91.4 Å². The van der Waals surface area contributed by atoms with Gasteiger partial charge in [0, 0.05) is 6.42 Å². The average molecular weight is 229 g/mol. The maximum absolute atomic E-state index is 12.8. The van der Waals surface area contributed by atoms with E-state index in [2.05, 4.69) is 4.84 Å². The van der Waals surface area contributed by atoms with E-state index in [1.54, 1.807) is 11.5 Å². The SMILES string of the molecule is O=C(O)NOCC[C@H](O)c1cccc(F)c1. The van der Waals surface area contributed by atoms with Gasteiger partial charge in [0.25, 0.3) is 0 Å². The van der Waals surface area contributed by atoms with Crippen LogP contribution in [0.5, 0.6) is 0 Å². The molecule has 0 aliphatic carbocycles. The van der Waals surface area contributed by atoms with Gasteiger partial charge in [0.2, 0.25) is 0 Å². The first kappa shape index (κ1) is 12.4. The first-order valence-electron chi connectivity index (χ1n) is 4.64. The van der Waals surface area contributed by atoms with E-state index in [-0.39, 0.29) is 13.0 Å². The summed E-state index contributed by atoms with van der Waals surface area (Å²) in [7, 11) is 0. The first-order valence-corrected chi connectivity index (χ1v) is 4.64. The van der Waals surface area contributed by atoms with Gasteiger partial charge in [0.05, 0.1) is 12.7 Å². The second-order valence-corrected chi connectivity index (χ2v) is 3.12. The molecule has 6 heteroatoms. The molecule has 0 aliphatic heterocycles. The van der Waals surface area contributed by atoms with Crippen molar-refractivity contribution in [3.05, 3.63) is 35.6 Å². The van der Waals surface area contributed by atoms with Crippen molar-refractivity contribution in [2.45, 2.75) is 12.5 Å². The quantitative estimate of drug-likeness (QED) is 0.527. The van der Waals surface area contributed by atoms with E-state index in [0.717, 1.165) is 0 Å². The summed E-state index contributed by atoms with van der Waals surface area (Å²) in [5.74, 6) is -0.430. The van der Waals surface area contributed by atoms with Crippen LogP contribution in [-0.4, -0.2) is 22.9 Å². The van der Waals surface area contributed by atoms with Crippen molar-refractivity contribution in [1.82, 2.24) is 5.48 Å². The summed E-state index contributed by atoms with van der Waals surface area (Å²) >= 11 is 0. The van der Waals surface area contributed by atoms with Gasteiger partial charge in [-0.2, -0.15) is 5.48 Å². The van der Waals surface area contributed by atoms with Crippen molar-refractivity contribution >= 4 is 6.09 Å². The molecular weight excluding hydrogens is 217 g/mol. The lowest BCUT2D eigenvalue weighted by molar-refractivity contribution is 0.0212. The molecule has 1 aromatic rings. The number of benzene rings is 1. The molecule has 0 saturated heterocycles. The minimum absolute atomic E-state index is 0.00395. The first-order chi connectivity index (χ1) is 7.59. The Hall–Kier alpha value is -1.66. The third-order valence-corrected chi connectivity index (χ3v) is 1.89. The van der Waals surface area contributed by atoms with Crippen LogP contribution in [0.15, 0.2) is 24.3 Å². The van der Waals surface area contributed by atoms with Crippen LogP contribution >= 0.6 is 0 Å². The third-order valence-electron chi connectivity index (χ3n) is 1.89. The molecule has 0 bridgehead atoms. The van der Waals surface area contributed by atoms with Gasteiger partial charge in [-0.3, -0.25) is 4.84 Å². The zero-order chi connectivity index (χ0) is 12.0. The molecule has 0 unspecified atom stereocenters. The van der Waals surface area contributed by atoms with Crippen LogP contribution in [0.25, 0.3) is 0 Å². The zero-order valence-corrected chi connectivity index (χ0v) is 8.39. The summed E-state index contributed by atoms with van der Waals surface area (Å²) in [6, 6.07) is 5.57. The van der Waals surface area contributed by atoms with Crippen molar-refractivity contribution in [1.29, 1.82) is 0 Å². The Morgan fingerprint density at radius 1 is 1.56 bits per heavy atom. The molecule has 0 fully saturated rings. The van der Waals surface area contributed by atoms with Crippen molar-refractivity contribution in [3.8, 4) is 0 Å². The topological polar surface area (TPSA) is 78.8 Å². The molecule has 0 aromatic heterocycles. The van der Waals surface area contributed by atoms with Gasteiger partial charge >= 0.3 is 6.09 Å².